The molecule has 136 valence electrons. The van der Waals surface area contributed by atoms with Crippen LogP contribution in [0.3, 0.4) is 0 Å². The number of aryl methyl sites for hydroxylation is 1. The lowest BCUT2D eigenvalue weighted by Gasteiger charge is -2.14. The van der Waals surface area contributed by atoms with Gasteiger partial charge in [0.15, 0.2) is 5.96 Å². The third-order valence-electron chi connectivity index (χ3n) is 3.14. The highest BCUT2D eigenvalue weighted by Crippen LogP contribution is 2.21. The molecule has 8 heteroatoms. The van der Waals surface area contributed by atoms with Gasteiger partial charge in [0.2, 0.25) is 0 Å². The van der Waals surface area contributed by atoms with Gasteiger partial charge in [0.1, 0.15) is 6.61 Å². The molecule has 0 radical (unpaired) electrons. The van der Waals surface area contributed by atoms with Crippen LogP contribution in [0, 0.1) is 6.92 Å². The van der Waals surface area contributed by atoms with Crippen LogP contribution in [0.15, 0.2) is 28.1 Å². The Morgan fingerprint density at radius 3 is 2.67 bits per heavy atom. The molecule has 0 aromatic heterocycles. The SMILES string of the molecule is CN=C(NCCCOCC(F)(F)F)NCc1ccc(C)cc1SC. The molecule has 0 heterocycles. The molecule has 0 atom stereocenters. The smallest absolute Gasteiger partial charge is 0.372 e. The van der Waals surface area contributed by atoms with Crippen molar-refractivity contribution in [1.29, 1.82) is 0 Å². The lowest BCUT2D eigenvalue weighted by atomic mass is 10.1. The zero-order valence-electron chi connectivity index (χ0n) is 14.2. The van der Waals surface area contributed by atoms with E-state index in [0.717, 1.165) is 0 Å². The van der Waals surface area contributed by atoms with Crippen molar-refractivity contribution >= 4 is 17.7 Å². The molecule has 0 unspecified atom stereocenters. The molecule has 4 nitrogen and oxygen atoms in total. The number of hydrogen-bond acceptors (Lipinski definition) is 3. The molecule has 0 fully saturated rings. The van der Waals surface area contributed by atoms with E-state index in [2.05, 4.69) is 45.5 Å². The number of benzene rings is 1. The van der Waals surface area contributed by atoms with E-state index >= 15 is 0 Å². The second-order valence-corrected chi connectivity index (χ2v) is 6.04. The summed E-state index contributed by atoms with van der Waals surface area (Å²) in [6, 6.07) is 6.27. The predicted octanol–water partition coefficient (Wildman–Crippen LogP) is 3.35. The number of thioether (sulfide) groups is 1. The molecule has 24 heavy (non-hydrogen) atoms. The highest BCUT2D eigenvalue weighted by Gasteiger charge is 2.27. The fraction of sp³-hybridized carbons (Fsp3) is 0.562. The Kier molecular flexibility index (Phi) is 8.99. The average molecular weight is 363 g/mol. The lowest BCUT2D eigenvalue weighted by Crippen LogP contribution is -2.37. The van der Waals surface area contributed by atoms with Gasteiger partial charge in [0, 0.05) is 31.6 Å². The molecule has 2 N–H and O–H groups in total. The van der Waals surface area contributed by atoms with Gasteiger partial charge < -0.3 is 15.4 Å². The minimum Gasteiger partial charge on any atom is -0.372 e. The fourth-order valence-corrected chi connectivity index (χ4v) is 2.67. The second-order valence-electron chi connectivity index (χ2n) is 5.19. The first kappa shape index (κ1) is 20.6. The Hall–Kier alpha value is -1.41. The highest BCUT2D eigenvalue weighted by molar-refractivity contribution is 7.98. The van der Waals surface area contributed by atoms with Crippen molar-refractivity contribution in [3.63, 3.8) is 0 Å². The number of rotatable bonds is 8. The number of aliphatic imine (C=N–C) groups is 1. The molecule has 0 aliphatic rings. The zero-order valence-corrected chi connectivity index (χ0v) is 15.0. The summed E-state index contributed by atoms with van der Waals surface area (Å²) < 4.78 is 40.3. The van der Waals surface area contributed by atoms with Gasteiger partial charge in [0.25, 0.3) is 0 Å². The summed E-state index contributed by atoms with van der Waals surface area (Å²) in [5, 5.41) is 6.26. The first-order valence-electron chi connectivity index (χ1n) is 7.58. The van der Waals surface area contributed by atoms with Crippen LogP contribution in [0.1, 0.15) is 17.5 Å². The maximum atomic E-state index is 11.9. The Labute approximate surface area is 145 Å². The molecular weight excluding hydrogens is 339 g/mol. The molecule has 0 aliphatic heterocycles. The van der Waals surface area contributed by atoms with E-state index in [1.54, 1.807) is 18.8 Å². The first-order chi connectivity index (χ1) is 11.4. The van der Waals surface area contributed by atoms with Crippen molar-refractivity contribution in [1.82, 2.24) is 10.6 Å². The fourth-order valence-electron chi connectivity index (χ4n) is 1.97. The van der Waals surface area contributed by atoms with Crippen LogP contribution in [0.25, 0.3) is 0 Å². The first-order valence-corrected chi connectivity index (χ1v) is 8.80. The standard InChI is InChI=1S/C16H24F3N3OS/c1-12-5-6-13(14(9-12)24-3)10-22-15(20-2)21-7-4-8-23-11-16(17,18)19/h5-6,9H,4,7-8,10-11H2,1-3H3,(H2,20,21,22). The molecule has 0 aliphatic carbocycles. The largest absolute Gasteiger partial charge is 0.411 e. The molecular formula is C16H24F3N3OS. The quantitative estimate of drug-likeness (QED) is 0.322. The summed E-state index contributed by atoms with van der Waals surface area (Å²) in [6.45, 7) is 2.02. The molecule has 0 amide bonds. The summed E-state index contributed by atoms with van der Waals surface area (Å²) >= 11 is 1.69. The van der Waals surface area contributed by atoms with Crippen LogP contribution >= 0.6 is 11.8 Å². The molecule has 1 aromatic carbocycles. The maximum Gasteiger partial charge on any atom is 0.411 e. The monoisotopic (exact) mass is 363 g/mol. The van der Waals surface area contributed by atoms with Crippen LogP contribution in [0.2, 0.25) is 0 Å². The van der Waals surface area contributed by atoms with Gasteiger partial charge in [0.05, 0.1) is 0 Å². The number of halogens is 3. The van der Waals surface area contributed by atoms with Gasteiger partial charge in [-0.2, -0.15) is 13.2 Å². The normalized spacial score (nSPS) is 12.3. The molecule has 0 saturated carbocycles. The molecule has 0 bridgehead atoms. The lowest BCUT2D eigenvalue weighted by molar-refractivity contribution is -0.173. The third kappa shape index (κ3) is 8.44. The summed E-state index contributed by atoms with van der Waals surface area (Å²) in [7, 11) is 1.65. The summed E-state index contributed by atoms with van der Waals surface area (Å²) in [5.74, 6) is 0.610. The number of nitrogens with one attached hydrogen (secondary N) is 2. The minimum atomic E-state index is -4.27. The van der Waals surface area contributed by atoms with Crippen LogP contribution in [0.5, 0.6) is 0 Å². The van der Waals surface area contributed by atoms with Gasteiger partial charge in [-0.1, -0.05) is 12.1 Å². The Morgan fingerprint density at radius 2 is 2.04 bits per heavy atom. The average Bonchev–Trinajstić information content (AvgIpc) is 2.53. The molecule has 1 rings (SSSR count). The number of nitrogens with zero attached hydrogens (tertiary/aromatic N) is 1. The van der Waals surface area contributed by atoms with Crippen molar-refractivity contribution in [2.75, 3.05) is 33.1 Å². The van der Waals surface area contributed by atoms with E-state index < -0.39 is 12.8 Å². The van der Waals surface area contributed by atoms with Crippen LogP contribution in [-0.2, 0) is 11.3 Å². The molecule has 0 spiro atoms. The van der Waals surface area contributed by atoms with Gasteiger partial charge in [-0.15, -0.1) is 11.8 Å². The Morgan fingerprint density at radius 1 is 1.29 bits per heavy atom. The van der Waals surface area contributed by atoms with Crippen molar-refractivity contribution in [2.24, 2.45) is 4.99 Å². The number of alkyl halides is 3. The van der Waals surface area contributed by atoms with Crippen LogP contribution in [-0.4, -0.2) is 45.2 Å². The second kappa shape index (κ2) is 10.5. The van der Waals surface area contributed by atoms with E-state index in [-0.39, 0.29) is 6.61 Å². The van der Waals surface area contributed by atoms with Crippen LogP contribution < -0.4 is 10.6 Å². The van der Waals surface area contributed by atoms with Crippen LogP contribution in [0.4, 0.5) is 13.2 Å². The predicted molar refractivity (Wildman–Crippen MR) is 92.7 cm³/mol. The molecule has 1 aromatic rings. The Bertz CT molecular complexity index is 536. The zero-order chi connectivity index (χ0) is 18.0. The highest BCUT2D eigenvalue weighted by atomic mass is 32.2. The van der Waals surface area contributed by atoms with E-state index in [4.69, 9.17) is 0 Å². The van der Waals surface area contributed by atoms with Crippen molar-refractivity contribution in [3.8, 4) is 0 Å². The van der Waals surface area contributed by atoms with Gasteiger partial charge in [-0.3, -0.25) is 4.99 Å². The third-order valence-corrected chi connectivity index (χ3v) is 3.96. The van der Waals surface area contributed by atoms with E-state index in [1.807, 2.05) is 6.26 Å². The molecule has 0 saturated heterocycles. The number of hydrogen-bond donors (Lipinski definition) is 2. The number of guanidine groups is 1. The van der Waals surface area contributed by atoms with E-state index in [1.165, 1.54) is 16.0 Å². The summed E-state index contributed by atoms with van der Waals surface area (Å²) in [5.41, 5.74) is 2.38. The summed E-state index contributed by atoms with van der Waals surface area (Å²) in [6.07, 6.45) is -1.77. The Balaban J connectivity index is 2.31. The van der Waals surface area contributed by atoms with Crippen molar-refractivity contribution < 1.29 is 17.9 Å². The maximum absolute atomic E-state index is 11.9. The van der Waals surface area contributed by atoms with Gasteiger partial charge in [-0.05, 0) is 36.8 Å². The topological polar surface area (TPSA) is 45.7 Å². The van der Waals surface area contributed by atoms with E-state index in [9.17, 15) is 13.2 Å². The van der Waals surface area contributed by atoms with Crippen molar-refractivity contribution in [2.45, 2.75) is 31.0 Å². The van der Waals surface area contributed by atoms with Crippen molar-refractivity contribution in [3.05, 3.63) is 29.3 Å². The van der Waals surface area contributed by atoms with Gasteiger partial charge >= 0.3 is 6.18 Å². The minimum absolute atomic E-state index is 0.0537. The van der Waals surface area contributed by atoms with Gasteiger partial charge in [-0.25, -0.2) is 0 Å². The number of ether oxygens (including phenoxy) is 1. The summed E-state index contributed by atoms with van der Waals surface area (Å²) in [4.78, 5) is 5.31. The van der Waals surface area contributed by atoms with E-state index in [0.29, 0.717) is 25.5 Å².